The zero-order valence-electron chi connectivity index (χ0n) is 12.9. The van der Waals surface area contributed by atoms with Gasteiger partial charge in [0, 0.05) is 17.3 Å². The number of hydrogen-bond donors (Lipinski definition) is 2. The quantitative estimate of drug-likeness (QED) is 0.642. The van der Waals surface area contributed by atoms with Crippen LogP contribution < -0.4 is 10.4 Å². The number of nitrogens with one attached hydrogen (secondary N) is 1. The van der Waals surface area contributed by atoms with Gasteiger partial charge in [0.05, 0.1) is 17.9 Å². The van der Waals surface area contributed by atoms with Crippen molar-refractivity contribution in [3.8, 4) is 0 Å². The summed E-state index contributed by atoms with van der Waals surface area (Å²) in [7, 11) is -4.30. The van der Waals surface area contributed by atoms with E-state index >= 15 is 0 Å². The van der Waals surface area contributed by atoms with Crippen molar-refractivity contribution < 1.29 is 23.0 Å². The van der Waals surface area contributed by atoms with Crippen molar-refractivity contribution in [2.75, 3.05) is 5.32 Å². The minimum Gasteiger partial charge on any atom is -0.845 e. The van der Waals surface area contributed by atoms with E-state index in [4.69, 9.17) is 4.42 Å². The van der Waals surface area contributed by atoms with Gasteiger partial charge in [-0.05, 0) is 32.4 Å². The van der Waals surface area contributed by atoms with Gasteiger partial charge in [-0.2, -0.15) is 12.8 Å². The van der Waals surface area contributed by atoms with Gasteiger partial charge in [0.1, 0.15) is 0 Å². The van der Waals surface area contributed by atoms with Crippen molar-refractivity contribution in [1.82, 2.24) is 0 Å². The Morgan fingerprint density at radius 2 is 2.00 bits per heavy atom. The Kier molecular flexibility index (Phi) is 4.49. The van der Waals surface area contributed by atoms with E-state index < -0.39 is 26.7 Å². The summed E-state index contributed by atoms with van der Waals surface area (Å²) >= 11 is 0. The van der Waals surface area contributed by atoms with Gasteiger partial charge in [0.2, 0.25) is 5.09 Å². The van der Waals surface area contributed by atoms with Crippen LogP contribution in [0.5, 0.6) is 0 Å². The summed E-state index contributed by atoms with van der Waals surface area (Å²) in [4.78, 5) is 0. The second kappa shape index (κ2) is 6.05. The highest BCUT2D eigenvalue weighted by molar-refractivity contribution is 7.90. The zero-order valence-corrected chi connectivity index (χ0v) is 13.7. The molecule has 1 aromatic carbocycles. The van der Waals surface area contributed by atoms with E-state index in [0.717, 1.165) is 17.9 Å². The lowest BCUT2D eigenvalue weighted by Gasteiger charge is -2.14. The standard InChI is InChI=1S/C15H18N2O5S/c1-10-6-4-5-7-12(10)16-14(18)17-23(20,21)13-8-11(9-22-13)15(2,3)19/h4-9,19H,1-3H3,(H2,16,17,18)/p-1. The number of nitrogens with zero attached hydrogens (tertiary/aromatic N) is 1. The van der Waals surface area contributed by atoms with E-state index in [1.165, 1.54) is 13.8 Å². The number of sulfonamides is 1. The van der Waals surface area contributed by atoms with Crippen LogP contribution in [0.3, 0.4) is 0 Å². The Labute approximate surface area is 134 Å². The Morgan fingerprint density at radius 3 is 2.57 bits per heavy atom. The van der Waals surface area contributed by atoms with Gasteiger partial charge in [-0.3, -0.25) is 0 Å². The van der Waals surface area contributed by atoms with E-state index in [-0.39, 0.29) is 5.56 Å². The molecule has 0 aliphatic heterocycles. The van der Waals surface area contributed by atoms with Crippen LogP contribution in [0.2, 0.25) is 0 Å². The molecule has 2 N–H and O–H groups in total. The minimum atomic E-state index is -4.30. The average molecular weight is 337 g/mol. The summed E-state index contributed by atoms with van der Waals surface area (Å²) in [5.74, 6) is 0. The maximum Gasteiger partial charge on any atom is 0.316 e. The predicted molar refractivity (Wildman–Crippen MR) is 83.4 cm³/mol. The molecule has 7 nitrogen and oxygen atoms in total. The van der Waals surface area contributed by atoms with Gasteiger partial charge in [-0.15, -0.1) is 0 Å². The van der Waals surface area contributed by atoms with Crippen molar-refractivity contribution in [3.05, 3.63) is 47.7 Å². The van der Waals surface area contributed by atoms with E-state index in [1.807, 2.05) is 0 Å². The molecule has 2 aromatic rings. The van der Waals surface area contributed by atoms with E-state index in [0.29, 0.717) is 5.69 Å². The number of amidine groups is 1. The average Bonchev–Trinajstić information content (AvgIpc) is 2.91. The summed E-state index contributed by atoms with van der Waals surface area (Å²) in [6.45, 7) is 4.73. The molecule has 0 atom stereocenters. The molecule has 1 aromatic heterocycles. The van der Waals surface area contributed by atoms with Gasteiger partial charge < -0.3 is 19.9 Å². The van der Waals surface area contributed by atoms with Crippen LogP contribution in [0, 0.1) is 6.92 Å². The summed E-state index contributed by atoms with van der Waals surface area (Å²) < 4.78 is 32.2. The lowest BCUT2D eigenvalue weighted by Crippen LogP contribution is -2.28. The van der Waals surface area contributed by atoms with Gasteiger partial charge in [0.15, 0.2) is 0 Å². The molecule has 0 radical (unpaired) electrons. The molecule has 0 unspecified atom stereocenters. The minimum absolute atomic E-state index is 0.269. The molecule has 23 heavy (non-hydrogen) atoms. The summed E-state index contributed by atoms with van der Waals surface area (Å²) in [6.07, 6.45) is 1.11. The van der Waals surface area contributed by atoms with Crippen molar-refractivity contribution in [1.29, 1.82) is 0 Å². The lowest BCUT2D eigenvalue weighted by atomic mass is 10.0. The van der Waals surface area contributed by atoms with E-state index in [2.05, 4.69) is 9.71 Å². The van der Waals surface area contributed by atoms with Crippen LogP contribution >= 0.6 is 0 Å². The number of para-hydroxylation sites is 1. The van der Waals surface area contributed by atoms with Crippen molar-refractivity contribution >= 4 is 21.7 Å². The van der Waals surface area contributed by atoms with Crippen LogP contribution in [-0.4, -0.2) is 19.5 Å². The molecule has 0 bridgehead atoms. The fraction of sp³-hybridized carbons (Fsp3) is 0.267. The summed E-state index contributed by atoms with van der Waals surface area (Å²) in [5, 5.41) is 23.5. The fourth-order valence-electron chi connectivity index (χ4n) is 1.78. The van der Waals surface area contributed by atoms with Gasteiger partial charge >= 0.3 is 10.0 Å². The number of furan rings is 1. The number of aliphatic hydroxyl groups is 1. The molecular formula is C15H17N2O5S-. The molecule has 1 heterocycles. The fourth-order valence-corrected chi connectivity index (χ4v) is 2.58. The topological polar surface area (TPSA) is 115 Å². The van der Waals surface area contributed by atoms with Crippen molar-refractivity contribution in [2.24, 2.45) is 4.40 Å². The molecule has 0 amide bonds. The van der Waals surface area contributed by atoms with Crippen LogP contribution in [0.4, 0.5) is 5.69 Å². The molecule has 0 fully saturated rings. The third-order valence-corrected chi connectivity index (χ3v) is 4.25. The molecule has 8 heteroatoms. The first-order valence-electron chi connectivity index (χ1n) is 6.75. The molecule has 124 valence electrons. The van der Waals surface area contributed by atoms with Gasteiger partial charge in [-0.25, -0.2) is 0 Å². The van der Waals surface area contributed by atoms with Crippen molar-refractivity contribution in [3.63, 3.8) is 0 Å². The Balaban J connectivity index is 2.26. The summed E-state index contributed by atoms with van der Waals surface area (Å²) in [6, 6.07) is 7.01. The van der Waals surface area contributed by atoms with Crippen LogP contribution in [0.15, 0.2) is 50.5 Å². The third-order valence-electron chi connectivity index (χ3n) is 3.13. The van der Waals surface area contributed by atoms with Crippen LogP contribution in [0.25, 0.3) is 0 Å². The second-order valence-corrected chi connectivity index (χ2v) is 7.06. The number of aryl methyl sites for hydroxylation is 1. The number of anilines is 1. The first-order chi connectivity index (χ1) is 10.6. The zero-order chi connectivity index (χ0) is 17.3. The first kappa shape index (κ1) is 17.0. The monoisotopic (exact) mass is 337 g/mol. The molecule has 0 saturated carbocycles. The molecule has 2 rings (SSSR count). The van der Waals surface area contributed by atoms with Gasteiger partial charge in [0.25, 0.3) is 0 Å². The second-order valence-electron chi connectivity index (χ2n) is 5.52. The molecular weight excluding hydrogens is 320 g/mol. The summed E-state index contributed by atoms with van der Waals surface area (Å²) in [5.41, 5.74) is 0.246. The van der Waals surface area contributed by atoms with E-state index in [9.17, 15) is 18.6 Å². The van der Waals surface area contributed by atoms with Crippen molar-refractivity contribution in [2.45, 2.75) is 31.5 Å². The smallest absolute Gasteiger partial charge is 0.316 e. The largest absolute Gasteiger partial charge is 0.845 e. The molecule has 0 saturated heterocycles. The Bertz CT molecular complexity index is 832. The predicted octanol–water partition coefficient (Wildman–Crippen LogP) is 1.33. The lowest BCUT2D eigenvalue weighted by molar-refractivity contribution is -0.213. The van der Waals surface area contributed by atoms with Crippen LogP contribution in [0.1, 0.15) is 25.0 Å². The highest BCUT2D eigenvalue weighted by Crippen LogP contribution is 2.25. The maximum atomic E-state index is 12.1. The number of rotatable bonds is 4. The Hall–Kier alpha value is -2.32. The Morgan fingerprint density at radius 1 is 1.35 bits per heavy atom. The normalized spacial score (nSPS) is 13.1. The maximum absolute atomic E-state index is 12.1. The number of hydrogen-bond acceptors (Lipinski definition) is 5. The highest BCUT2D eigenvalue weighted by atomic mass is 32.2. The molecule has 0 aliphatic rings. The molecule has 0 spiro atoms. The van der Waals surface area contributed by atoms with Crippen LogP contribution in [-0.2, 0) is 15.6 Å². The third kappa shape index (κ3) is 4.11. The highest BCUT2D eigenvalue weighted by Gasteiger charge is 2.24. The van der Waals surface area contributed by atoms with E-state index in [1.54, 1.807) is 31.2 Å². The van der Waals surface area contributed by atoms with Gasteiger partial charge in [-0.1, -0.05) is 18.2 Å². The SMILES string of the molecule is Cc1ccccc1N/C([O-])=N/S(=O)(=O)c1cc(C(C)(C)O)co1. The first-order valence-corrected chi connectivity index (χ1v) is 8.19. The number of benzene rings is 1. The molecule has 0 aliphatic carbocycles.